The van der Waals surface area contributed by atoms with Crippen LogP contribution in [0.25, 0.3) is 0 Å². The summed E-state index contributed by atoms with van der Waals surface area (Å²) < 4.78 is 36.7. The van der Waals surface area contributed by atoms with E-state index in [0.717, 1.165) is 25.7 Å². The highest BCUT2D eigenvalue weighted by molar-refractivity contribution is 7.89. The lowest BCUT2D eigenvalue weighted by atomic mass is 9.86. The topological polar surface area (TPSA) is 111 Å². The first kappa shape index (κ1) is 22.2. The zero-order valence-electron chi connectivity index (χ0n) is 16.7. The molecule has 1 aliphatic carbocycles. The van der Waals surface area contributed by atoms with Crippen LogP contribution in [0.3, 0.4) is 0 Å². The first-order valence-electron chi connectivity index (χ1n) is 9.32. The van der Waals surface area contributed by atoms with E-state index in [-0.39, 0.29) is 28.2 Å². The molecular weight excluding hydrogens is 384 g/mol. The zero-order chi connectivity index (χ0) is 20.9. The maximum atomic E-state index is 12.4. The summed E-state index contributed by atoms with van der Waals surface area (Å²) in [7, 11) is -1.23. The lowest BCUT2D eigenvalue weighted by Gasteiger charge is -2.30. The number of hydrogen-bond acceptors (Lipinski definition) is 6. The van der Waals surface area contributed by atoms with E-state index in [4.69, 9.17) is 9.47 Å². The van der Waals surface area contributed by atoms with Crippen LogP contribution in [0, 0.1) is 5.92 Å². The van der Waals surface area contributed by atoms with Crippen molar-refractivity contribution in [3.05, 3.63) is 23.8 Å². The van der Waals surface area contributed by atoms with Crippen LogP contribution in [-0.4, -0.2) is 46.6 Å². The normalized spacial score (nSPS) is 20.9. The summed E-state index contributed by atoms with van der Waals surface area (Å²) in [6.45, 7) is 3.59. The average Bonchev–Trinajstić information content (AvgIpc) is 2.68. The van der Waals surface area contributed by atoms with Crippen molar-refractivity contribution in [2.24, 2.45) is 5.92 Å². The second kappa shape index (κ2) is 9.38. The van der Waals surface area contributed by atoms with Crippen LogP contribution in [0.1, 0.15) is 49.9 Å². The second-order valence-corrected chi connectivity index (χ2v) is 8.85. The van der Waals surface area contributed by atoms with Gasteiger partial charge in [0.1, 0.15) is 10.6 Å². The molecule has 1 fully saturated rings. The van der Waals surface area contributed by atoms with E-state index >= 15 is 0 Å². The lowest BCUT2D eigenvalue weighted by molar-refractivity contribution is -0.130. The van der Waals surface area contributed by atoms with Crippen molar-refractivity contribution in [3.63, 3.8) is 0 Å². The van der Waals surface area contributed by atoms with Crippen molar-refractivity contribution >= 4 is 21.9 Å². The van der Waals surface area contributed by atoms with Crippen LogP contribution in [0.15, 0.2) is 23.1 Å². The number of amides is 1. The number of esters is 1. The Morgan fingerprint density at radius 2 is 1.89 bits per heavy atom. The van der Waals surface area contributed by atoms with Gasteiger partial charge < -0.3 is 14.8 Å². The molecule has 2 rings (SSSR count). The van der Waals surface area contributed by atoms with E-state index in [2.05, 4.69) is 17.0 Å². The third-order valence-electron chi connectivity index (χ3n) is 5.05. The number of carbonyl (C=O) groups is 2. The van der Waals surface area contributed by atoms with Crippen LogP contribution in [-0.2, 0) is 19.6 Å². The fourth-order valence-electron chi connectivity index (χ4n) is 3.24. The Labute approximate surface area is 166 Å². The first-order valence-corrected chi connectivity index (χ1v) is 10.8. The second-order valence-electron chi connectivity index (χ2n) is 7.00. The molecule has 1 aromatic carbocycles. The van der Waals surface area contributed by atoms with Crippen molar-refractivity contribution in [1.82, 2.24) is 10.0 Å². The Kier molecular flexibility index (Phi) is 7.42. The molecule has 0 spiro atoms. The van der Waals surface area contributed by atoms with Gasteiger partial charge in [-0.15, -0.1) is 0 Å². The van der Waals surface area contributed by atoms with Gasteiger partial charge in [0.15, 0.2) is 6.10 Å². The van der Waals surface area contributed by atoms with E-state index in [1.54, 1.807) is 0 Å². The number of rotatable bonds is 7. The molecule has 1 amide bonds. The summed E-state index contributed by atoms with van der Waals surface area (Å²) >= 11 is 0. The SMILES string of the molecule is CNS(=O)(=O)c1cc(C(=O)O[C@H](C)C(=O)N[C@H]2CCCC[C@H]2C)ccc1OC. The van der Waals surface area contributed by atoms with E-state index in [1.165, 1.54) is 39.3 Å². The summed E-state index contributed by atoms with van der Waals surface area (Å²) in [5.74, 6) is -0.655. The van der Waals surface area contributed by atoms with Gasteiger partial charge in [0.2, 0.25) is 10.0 Å². The molecule has 0 heterocycles. The molecule has 0 aromatic heterocycles. The van der Waals surface area contributed by atoms with Crippen LogP contribution in [0.4, 0.5) is 0 Å². The molecule has 3 atom stereocenters. The minimum Gasteiger partial charge on any atom is -0.495 e. The van der Waals surface area contributed by atoms with Crippen LogP contribution < -0.4 is 14.8 Å². The molecule has 0 unspecified atom stereocenters. The number of benzene rings is 1. The van der Waals surface area contributed by atoms with Crippen LogP contribution in [0.2, 0.25) is 0 Å². The number of hydrogen-bond donors (Lipinski definition) is 2. The molecule has 2 N–H and O–H groups in total. The highest BCUT2D eigenvalue weighted by atomic mass is 32.2. The van der Waals surface area contributed by atoms with Gasteiger partial charge in [-0.1, -0.05) is 19.8 Å². The Morgan fingerprint density at radius 3 is 2.50 bits per heavy atom. The van der Waals surface area contributed by atoms with Gasteiger partial charge in [0.25, 0.3) is 5.91 Å². The standard InChI is InChI=1S/C19H28N2O6S/c1-12-7-5-6-8-15(12)21-18(22)13(2)27-19(23)14-9-10-16(26-4)17(11-14)28(24,25)20-3/h9-13,15,20H,5-8H2,1-4H3,(H,21,22)/t12-,13-,15+/m1/s1. The highest BCUT2D eigenvalue weighted by Gasteiger charge is 2.27. The van der Waals surface area contributed by atoms with Gasteiger partial charge >= 0.3 is 5.97 Å². The third-order valence-corrected chi connectivity index (χ3v) is 6.49. The quantitative estimate of drug-likeness (QED) is 0.661. The third kappa shape index (κ3) is 5.23. The fourth-order valence-corrected chi connectivity index (χ4v) is 4.15. The molecule has 0 bridgehead atoms. The molecule has 1 aliphatic rings. The average molecular weight is 413 g/mol. The van der Waals surface area contributed by atoms with E-state index in [0.29, 0.717) is 5.92 Å². The summed E-state index contributed by atoms with van der Waals surface area (Å²) in [5.41, 5.74) is 0.0142. The smallest absolute Gasteiger partial charge is 0.338 e. The molecule has 1 saturated carbocycles. The summed E-state index contributed by atoms with van der Waals surface area (Å²) in [5, 5.41) is 2.95. The Morgan fingerprint density at radius 1 is 1.21 bits per heavy atom. The fraction of sp³-hybridized carbons (Fsp3) is 0.579. The number of sulfonamides is 1. The van der Waals surface area contributed by atoms with Gasteiger partial charge in [-0.2, -0.15) is 0 Å². The zero-order valence-corrected chi connectivity index (χ0v) is 17.5. The predicted molar refractivity (Wildman–Crippen MR) is 104 cm³/mol. The van der Waals surface area contributed by atoms with Gasteiger partial charge in [0.05, 0.1) is 12.7 Å². The van der Waals surface area contributed by atoms with Crippen molar-refractivity contribution in [2.75, 3.05) is 14.2 Å². The molecule has 9 heteroatoms. The maximum Gasteiger partial charge on any atom is 0.338 e. The van der Waals surface area contributed by atoms with E-state index in [9.17, 15) is 18.0 Å². The largest absolute Gasteiger partial charge is 0.495 e. The first-order chi connectivity index (χ1) is 13.2. The van der Waals surface area contributed by atoms with Gasteiger partial charge in [-0.3, -0.25) is 4.79 Å². The number of nitrogens with one attached hydrogen (secondary N) is 2. The van der Waals surface area contributed by atoms with Crippen molar-refractivity contribution in [3.8, 4) is 5.75 Å². The van der Waals surface area contributed by atoms with Crippen LogP contribution >= 0.6 is 0 Å². The molecule has 0 aliphatic heterocycles. The van der Waals surface area contributed by atoms with E-state index in [1.807, 2.05) is 0 Å². The number of methoxy groups -OCH3 is 1. The molecule has 28 heavy (non-hydrogen) atoms. The Hall–Kier alpha value is -2.13. The highest BCUT2D eigenvalue weighted by Crippen LogP contribution is 2.26. The van der Waals surface area contributed by atoms with Gasteiger partial charge in [0, 0.05) is 6.04 Å². The molecule has 0 radical (unpaired) electrons. The van der Waals surface area contributed by atoms with Crippen LogP contribution in [0.5, 0.6) is 5.75 Å². The molecular formula is C19H28N2O6S. The number of carbonyl (C=O) groups excluding carboxylic acids is 2. The monoisotopic (exact) mass is 412 g/mol. The summed E-state index contributed by atoms with van der Waals surface area (Å²) in [6, 6.07) is 4.01. The summed E-state index contributed by atoms with van der Waals surface area (Å²) in [4.78, 5) is 24.6. The van der Waals surface area contributed by atoms with Crippen molar-refractivity contribution < 1.29 is 27.5 Å². The molecule has 8 nitrogen and oxygen atoms in total. The minimum absolute atomic E-state index is 0.0142. The van der Waals surface area contributed by atoms with Gasteiger partial charge in [-0.05, 0) is 50.9 Å². The van der Waals surface area contributed by atoms with E-state index < -0.39 is 22.1 Å². The Bertz CT molecular complexity index is 824. The predicted octanol–water partition coefficient (Wildman–Crippen LogP) is 1.84. The molecule has 156 valence electrons. The molecule has 1 aromatic rings. The van der Waals surface area contributed by atoms with Crippen molar-refractivity contribution in [2.45, 2.75) is 56.6 Å². The number of ether oxygens (including phenoxy) is 2. The van der Waals surface area contributed by atoms with Gasteiger partial charge in [-0.25, -0.2) is 17.9 Å². The maximum absolute atomic E-state index is 12.4. The lowest BCUT2D eigenvalue weighted by Crippen LogP contribution is -2.46. The van der Waals surface area contributed by atoms with Crippen molar-refractivity contribution in [1.29, 1.82) is 0 Å². The summed E-state index contributed by atoms with van der Waals surface area (Å²) in [6.07, 6.45) is 3.21. The Balaban J connectivity index is 2.09. The molecule has 0 saturated heterocycles. The minimum atomic E-state index is -3.83.